The molecule has 0 aromatic carbocycles. The molecule has 0 atom stereocenters. The van der Waals surface area contributed by atoms with Gasteiger partial charge in [0, 0.05) is 6.42 Å². The van der Waals surface area contributed by atoms with Crippen LogP contribution in [0.5, 0.6) is 0 Å². The Labute approximate surface area is 63.7 Å². The molecule has 1 aliphatic carbocycles. The second-order valence-corrected chi connectivity index (χ2v) is 2.12. The van der Waals surface area contributed by atoms with E-state index in [9.17, 15) is 4.79 Å². The molecule has 4 heteroatoms. The fourth-order valence-corrected chi connectivity index (χ4v) is 0.791. The average Bonchev–Trinajstić information content (AvgIpc) is 2.05. The van der Waals surface area contributed by atoms with Gasteiger partial charge in [-0.3, -0.25) is 0 Å². The first kappa shape index (κ1) is 7.53. The Kier molecular flexibility index (Phi) is 2.06. The monoisotopic (exact) mass is 152 g/mol. The number of aliphatic carboxylic acids is 1. The van der Waals surface area contributed by atoms with E-state index in [0.29, 0.717) is 12.1 Å². The van der Waals surface area contributed by atoms with Crippen molar-refractivity contribution in [3.63, 3.8) is 0 Å². The molecule has 4 nitrogen and oxygen atoms in total. The van der Waals surface area contributed by atoms with Crippen LogP contribution in [0.1, 0.15) is 6.42 Å². The fourth-order valence-electron chi connectivity index (χ4n) is 0.791. The Morgan fingerprint density at radius 3 is 2.73 bits per heavy atom. The lowest BCUT2D eigenvalue weighted by Gasteiger charge is -2.02. The van der Waals surface area contributed by atoms with E-state index in [4.69, 9.17) is 10.9 Å². The van der Waals surface area contributed by atoms with Crippen molar-refractivity contribution in [2.24, 2.45) is 10.9 Å². The summed E-state index contributed by atoms with van der Waals surface area (Å²) in [6.45, 7) is 0. The molecule has 0 heterocycles. The molecule has 0 saturated carbocycles. The van der Waals surface area contributed by atoms with Crippen molar-refractivity contribution < 1.29 is 9.90 Å². The van der Waals surface area contributed by atoms with Gasteiger partial charge < -0.3 is 10.9 Å². The fraction of sp³-hybridized carbons (Fsp3) is 0.143. The minimum absolute atomic E-state index is 0.289. The zero-order chi connectivity index (χ0) is 8.27. The summed E-state index contributed by atoms with van der Waals surface area (Å²) < 4.78 is 0. The highest BCUT2D eigenvalue weighted by Crippen LogP contribution is 2.07. The van der Waals surface area contributed by atoms with Crippen molar-refractivity contribution in [3.8, 4) is 0 Å². The summed E-state index contributed by atoms with van der Waals surface area (Å²) in [7, 11) is 0. The van der Waals surface area contributed by atoms with Gasteiger partial charge in [-0.15, -0.1) is 0 Å². The van der Waals surface area contributed by atoms with Gasteiger partial charge in [-0.25, -0.2) is 4.79 Å². The third-order valence-corrected chi connectivity index (χ3v) is 1.40. The highest BCUT2D eigenvalue weighted by Gasteiger charge is 2.07. The zero-order valence-corrected chi connectivity index (χ0v) is 5.82. The number of carbonyl (C=O) groups is 1. The number of hydrogen-bond donors (Lipinski definition) is 2. The largest absolute Gasteiger partial charge is 0.478 e. The van der Waals surface area contributed by atoms with Gasteiger partial charge in [0.15, 0.2) is 0 Å². The van der Waals surface area contributed by atoms with Crippen LogP contribution in [0.4, 0.5) is 0 Å². The molecule has 1 aliphatic rings. The highest BCUT2D eigenvalue weighted by molar-refractivity contribution is 6.02. The van der Waals surface area contributed by atoms with E-state index in [1.807, 2.05) is 0 Å². The lowest BCUT2D eigenvalue weighted by molar-refractivity contribution is -0.132. The van der Waals surface area contributed by atoms with E-state index in [0.717, 1.165) is 0 Å². The first-order valence-corrected chi connectivity index (χ1v) is 3.12. The van der Waals surface area contributed by atoms with E-state index in [-0.39, 0.29) is 5.57 Å². The molecule has 0 amide bonds. The van der Waals surface area contributed by atoms with Gasteiger partial charge in [0.1, 0.15) is 0 Å². The van der Waals surface area contributed by atoms with Gasteiger partial charge in [0.2, 0.25) is 0 Å². The van der Waals surface area contributed by atoms with Crippen LogP contribution in [0.15, 0.2) is 28.9 Å². The third kappa shape index (κ3) is 1.67. The van der Waals surface area contributed by atoms with Crippen LogP contribution < -0.4 is 5.84 Å². The lowest BCUT2D eigenvalue weighted by Crippen LogP contribution is -2.06. The molecule has 0 bridgehead atoms. The Balaban J connectivity index is 2.75. The topological polar surface area (TPSA) is 75.7 Å². The van der Waals surface area contributed by atoms with E-state index >= 15 is 0 Å². The summed E-state index contributed by atoms with van der Waals surface area (Å²) in [6.07, 6.45) is 5.16. The summed E-state index contributed by atoms with van der Waals surface area (Å²) >= 11 is 0. The number of rotatable bonds is 1. The van der Waals surface area contributed by atoms with Gasteiger partial charge >= 0.3 is 5.97 Å². The van der Waals surface area contributed by atoms with Crippen molar-refractivity contribution in [1.82, 2.24) is 0 Å². The first-order chi connectivity index (χ1) is 5.24. The smallest absolute Gasteiger partial charge is 0.335 e. The Morgan fingerprint density at radius 1 is 1.64 bits per heavy atom. The molecule has 0 aromatic rings. The highest BCUT2D eigenvalue weighted by atomic mass is 16.4. The SMILES string of the molecule is NN=C1C=CC(C(=O)O)=CC1. The molecule has 11 heavy (non-hydrogen) atoms. The average molecular weight is 152 g/mol. The minimum Gasteiger partial charge on any atom is -0.478 e. The van der Waals surface area contributed by atoms with Gasteiger partial charge in [-0.05, 0) is 12.2 Å². The van der Waals surface area contributed by atoms with Crippen molar-refractivity contribution in [1.29, 1.82) is 0 Å². The Morgan fingerprint density at radius 2 is 2.36 bits per heavy atom. The van der Waals surface area contributed by atoms with Crippen LogP contribution in [0.3, 0.4) is 0 Å². The molecule has 1 rings (SSSR count). The van der Waals surface area contributed by atoms with Gasteiger partial charge in [-0.2, -0.15) is 5.10 Å². The Bertz CT molecular complexity index is 264. The number of hydrogen-bond acceptors (Lipinski definition) is 3. The standard InChI is InChI=1S/C7H8N2O2/c8-9-6-3-1-5(2-4-6)7(10)11/h1-3H,4,8H2,(H,10,11). The van der Waals surface area contributed by atoms with Crippen molar-refractivity contribution >= 4 is 11.7 Å². The minimum atomic E-state index is -0.919. The van der Waals surface area contributed by atoms with E-state index < -0.39 is 5.97 Å². The summed E-state index contributed by atoms with van der Waals surface area (Å²) in [5.74, 6) is 4.07. The molecule has 0 saturated heterocycles. The summed E-state index contributed by atoms with van der Waals surface area (Å²) in [6, 6.07) is 0. The molecule has 0 unspecified atom stereocenters. The third-order valence-electron chi connectivity index (χ3n) is 1.40. The van der Waals surface area contributed by atoms with Gasteiger partial charge in [0.05, 0.1) is 11.3 Å². The van der Waals surface area contributed by atoms with E-state index in [1.54, 1.807) is 12.2 Å². The molecular weight excluding hydrogens is 144 g/mol. The molecular formula is C7H8N2O2. The predicted octanol–water partition coefficient (Wildman–Crippen LogP) is 0.272. The molecule has 0 radical (unpaired) electrons. The normalized spacial score (nSPS) is 20.0. The number of nitrogens with two attached hydrogens (primary N) is 1. The number of hydrazone groups is 1. The summed E-state index contributed by atoms with van der Waals surface area (Å²) in [4.78, 5) is 10.4. The zero-order valence-electron chi connectivity index (χ0n) is 5.82. The molecule has 0 spiro atoms. The van der Waals surface area contributed by atoms with E-state index in [2.05, 4.69) is 5.10 Å². The molecule has 58 valence electrons. The summed E-state index contributed by atoms with van der Waals surface area (Å²) in [5, 5.41) is 11.9. The summed E-state index contributed by atoms with van der Waals surface area (Å²) in [5.41, 5.74) is 0.979. The number of carboxylic acids is 1. The van der Waals surface area contributed by atoms with Crippen LogP contribution in [0, 0.1) is 0 Å². The van der Waals surface area contributed by atoms with Gasteiger partial charge in [0.25, 0.3) is 0 Å². The number of allylic oxidation sites excluding steroid dienone is 2. The second-order valence-electron chi connectivity index (χ2n) is 2.12. The van der Waals surface area contributed by atoms with E-state index in [1.165, 1.54) is 6.08 Å². The number of carboxylic acid groups (broad SMARTS) is 1. The van der Waals surface area contributed by atoms with Crippen LogP contribution >= 0.6 is 0 Å². The van der Waals surface area contributed by atoms with Crippen molar-refractivity contribution in [2.45, 2.75) is 6.42 Å². The van der Waals surface area contributed by atoms with Gasteiger partial charge in [-0.1, -0.05) is 6.08 Å². The second kappa shape index (κ2) is 3.01. The maximum atomic E-state index is 10.4. The molecule has 0 fully saturated rings. The first-order valence-electron chi connectivity index (χ1n) is 3.12. The quantitative estimate of drug-likeness (QED) is 0.418. The molecule has 0 aliphatic heterocycles. The molecule has 0 aromatic heterocycles. The van der Waals surface area contributed by atoms with Crippen molar-refractivity contribution in [2.75, 3.05) is 0 Å². The number of nitrogens with zero attached hydrogens (tertiary/aromatic N) is 1. The van der Waals surface area contributed by atoms with Crippen LogP contribution in [0.25, 0.3) is 0 Å². The van der Waals surface area contributed by atoms with Crippen molar-refractivity contribution in [3.05, 3.63) is 23.8 Å². The molecule has 3 N–H and O–H groups in total. The maximum absolute atomic E-state index is 10.4. The van der Waals surface area contributed by atoms with Crippen LogP contribution in [-0.4, -0.2) is 16.8 Å². The van der Waals surface area contributed by atoms with Crippen LogP contribution in [0.2, 0.25) is 0 Å². The predicted molar refractivity (Wildman–Crippen MR) is 41.1 cm³/mol. The maximum Gasteiger partial charge on any atom is 0.335 e. The van der Waals surface area contributed by atoms with Crippen LogP contribution in [-0.2, 0) is 4.79 Å². The lowest BCUT2D eigenvalue weighted by atomic mass is 10.1. The Hall–Kier alpha value is -1.58.